The Morgan fingerprint density at radius 1 is 1.15 bits per heavy atom. The SMILES string of the molecule is CC(C)CC1CCCC(NCc2ccc(CO)cc2)C1. The Kier molecular flexibility index (Phi) is 6.06. The van der Waals surface area contributed by atoms with E-state index in [9.17, 15) is 0 Å². The zero-order chi connectivity index (χ0) is 14.4. The van der Waals surface area contributed by atoms with Gasteiger partial charge < -0.3 is 10.4 Å². The summed E-state index contributed by atoms with van der Waals surface area (Å²) in [5.41, 5.74) is 2.30. The van der Waals surface area contributed by atoms with Crippen LogP contribution in [0.3, 0.4) is 0 Å². The largest absolute Gasteiger partial charge is 0.392 e. The van der Waals surface area contributed by atoms with Gasteiger partial charge in [0.15, 0.2) is 0 Å². The van der Waals surface area contributed by atoms with Gasteiger partial charge in [-0.15, -0.1) is 0 Å². The summed E-state index contributed by atoms with van der Waals surface area (Å²) in [6.07, 6.45) is 6.83. The van der Waals surface area contributed by atoms with E-state index in [4.69, 9.17) is 5.11 Å². The van der Waals surface area contributed by atoms with Gasteiger partial charge in [0.1, 0.15) is 0 Å². The maximum atomic E-state index is 9.05. The van der Waals surface area contributed by atoms with Gasteiger partial charge in [-0.1, -0.05) is 51.0 Å². The van der Waals surface area contributed by atoms with Crippen LogP contribution in [0.15, 0.2) is 24.3 Å². The summed E-state index contributed by atoms with van der Waals surface area (Å²) in [5.74, 6) is 1.74. The molecule has 1 aliphatic rings. The van der Waals surface area contributed by atoms with Gasteiger partial charge in [-0.05, 0) is 42.2 Å². The molecule has 0 bridgehead atoms. The number of aliphatic hydroxyl groups excluding tert-OH is 1. The maximum absolute atomic E-state index is 9.05. The molecule has 0 saturated heterocycles. The number of benzene rings is 1. The van der Waals surface area contributed by atoms with Crippen LogP contribution < -0.4 is 5.32 Å². The Morgan fingerprint density at radius 2 is 1.85 bits per heavy atom. The first-order chi connectivity index (χ1) is 9.67. The molecule has 1 aromatic carbocycles. The van der Waals surface area contributed by atoms with E-state index in [-0.39, 0.29) is 6.61 Å². The molecule has 2 unspecified atom stereocenters. The minimum absolute atomic E-state index is 0.132. The standard InChI is InChI=1S/C18H29NO/c1-14(2)10-17-4-3-5-18(11-17)19-12-15-6-8-16(13-20)9-7-15/h6-9,14,17-20H,3-5,10-13H2,1-2H3. The van der Waals surface area contributed by atoms with Crippen molar-refractivity contribution in [3.05, 3.63) is 35.4 Å². The summed E-state index contributed by atoms with van der Waals surface area (Å²) in [6, 6.07) is 8.95. The van der Waals surface area contributed by atoms with Crippen molar-refractivity contribution < 1.29 is 5.11 Å². The van der Waals surface area contributed by atoms with Gasteiger partial charge in [0.05, 0.1) is 6.61 Å². The lowest BCUT2D eigenvalue weighted by molar-refractivity contribution is 0.252. The summed E-state index contributed by atoms with van der Waals surface area (Å²) in [6.45, 7) is 5.75. The van der Waals surface area contributed by atoms with Crippen molar-refractivity contribution in [2.75, 3.05) is 0 Å². The molecule has 1 aromatic rings. The molecule has 20 heavy (non-hydrogen) atoms. The van der Waals surface area contributed by atoms with Gasteiger partial charge in [-0.25, -0.2) is 0 Å². The molecule has 0 heterocycles. The number of aliphatic hydroxyl groups is 1. The van der Waals surface area contributed by atoms with Crippen LogP contribution in [0.1, 0.15) is 57.1 Å². The Morgan fingerprint density at radius 3 is 2.50 bits per heavy atom. The van der Waals surface area contributed by atoms with E-state index in [1.165, 1.54) is 37.7 Å². The van der Waals surface area contributed by atoms with Gasteiger partial charge in [-0.3, -0.25) is 0 Å². The number of hydrogen-bond donors (Lipinski definition) is 2. The molecule has 2 atom stereocenters. The number of nitrogens with one attached hydrogen (secondary N) is 1. The fraction of sp³-hybridized carbons (Fsp3) is 0.667. The van der Waals surface area contributed by atoms with E-state index < -0.39 is 0 Å². The van der Waals surface area contributed by atoms with E-state index in [1.807, 2.05) is 12.1 Å². The molecule has 1 aliphatic carbocycles. The van der Waals surface area contributed by atoms with Crippen molar-refractivity contribution in [1.29, 1.82) is 0 Å². The molecule has 0 aliphatic heterocycles. The second kappa shape index (κ2) is 7.80. The van der Waals surface area contributed by atoms with Gasteiger partial charge in [0.25, 0.3) is 0 Å². The predicted molar refractivity (Wildman–Crippen MR) is 84.4 cm³/mol. The Balaban J connectivity index is 1.77. The predicted octanol–water partition coefficient (Wildman–Crippen LogP) is 3.87. The summed E-state index contributed by atoms with van der Waals surface area (Å²) in [7, 11) is 0. The molecule has 0 spiro atoms. The molecule has 1 fully saturated rings. The van der Waals surface area contributed by atoms with Crippen molar-refractivity contribution in [1.82, 2.24) is 5.32 Å². The summed E-state index contributed by atoms with van der Waals surface area (Å²) in [4.78, 5) is 0. The zero-order valence-electron chi connectivity index (χ0n) is 12.9. The molecule has 112 valence electrons. The lowest BCUT2D eigenvalue weighted by Gasteiger charge is -2.31. The minimum atomic E-state index is 0.132. The third-order valence-electron chi connectivity index (χ3n) is 4.39. The molecule has 1 saturated carbocycles. The molecule has 2 nitrogen and oxygen atoms in total. The summed E-state index contributed by atoms with van der Waals surface area (Å²) >= 11 is 0. The normalized spacial score (nSPS) is 23.2. The molecule has 0 radical (unpaired) electrons. The Bertz CT molecular complexity index is 385. The summed E-state index contributed by atoms with van der Waals surface area (Å²) in [5, 5.41) is 12.8. The van der Waals surface area contributed by atoms with E-state index in [0.29, 0.717) is 6.04 Å². The Labute approximate surface area is 123 Å². The first-order valence-corrected chi connectivity index (χ1v) is 8.09. The second-order valence-corrected chi connectivity index (χ2v) is 6.71. The topological polar surface area (TPSA) is 32.3 Å². The highest BCUT2D eigenvalue weighted by atomic mass is 16.3. The highest BCUT2D eigenvalue weighted by Gasteiger charge is 2.22. The van der Waals surface area contributed by atoms with Gasteiger partial charge in [-0.2, -0.15) is 0 Å². The molecule has 2 heteroatoms. The quantitative estimate of drug-likeness (QED) is 0.826. The van der Waals surface area contributed by atoms with Crippen molar-refractivity contribution in [2.24, 2.45) is 11.8 Å². The lowest BCUT2D eigenvalue weighted by Crippen LogP contribution is -2.34. The molecule has 0 amide bonds. The summed E-state index contributed by atoms with van der Waals surface area (Å²) < 4.78 is 0. The molecular weight excluding hydrogens is 246 g/mol. The average molecular weight is 275 g/mol. The van der Waals surface area contributed by atoms with Crippen LogP contribution in [-0.2, 0) is 13.2 Å². The molecule has 2 rings (SSSR count). The number of rotatable bonds is 6. The van der Waals surface area contributed by atoms with Crippen LogP contribution >= 0.6 is 0 Å². The number of hydrogen-bond acceptors (Lipinski definition) is 2. The van der Waals surface area contributed by atoms with Crippen LogP contribution in [-0.4, -0.2) is 11.1 Å². The monoisotopic (exact) mass is 275 g/mol. The molecule has 2 N–H and O–H groups in total. The highest BCUT2D eigenvalue weighted by molar-refractivity contribution is 5.21. The lowest BCUT2D eigenvalue weighted by atomic mass is 9.81. The van der Waals surface area contributed by atoms with Gasteiger partial charge in [0.2, 0.25) is 0 Å². The zero-order valence-corrected chi connectivity index (χ0v) is 12.9. The van der Waals surface area contributed by atoms with Crippen LogP contribution in [0.2, 0.25) is 0 Å². The highest BCUT2D eigenvalue weighted by Crippen LogP contribution is 2.29. The third kappa shape index (κ3) is 4.92. The van der Waals surface area contributed by atoms with Crippen LogP contribution in [0.5, 0.6) is 0 Å². The van der Waals surface area contributed by atoms with Crippen LogP contribution in [0, 0.1) is 11.8 Å². The third-order valence-corrected chi connectivity index (χ3v) is 4.39. The smallest absolute Gasteiger partial charge is 0.0681 e. The van der Waals surface area contributed by atoms with Crippen molar-refractivity contribution >= 4 is 0 Å². The maximum Gasteiger partial charge on any atom is 0.0681 e. The Hall–Kier alpha value is -0.860. The molecular formula is C18H29NO. The van der Waals surface area contributed by atoms with Gasteiger partial charge in [0, 0.05) is 12.6 Å². The van der Waals surface area contributed by atoms with Crippen LogP contribution in [0.4, 0.5) is 0 Å². The van der Waals surface area contributed by atoms with E-state index >= 15 is 0 Å². The van der Waals surface area contributed by atoms with Crippen molar-refractivity contribution in [3.8, 4) is 0 Å². The van der Waals surface area contributed by atoms with Gasteiger partial charge >= 0.3 is 0 Å². The van der Waals surface area contributed by atoms with Crippen molar-refractivity contribution in [3.63, 3.8) is 0 Å². The molecule has 0 aromatic heterocycles. The minimum Gasteiger partial charge on any atom is -0.392 e. The van der Waals surface area contributed by atoms with E-state index in [1.54, 1.807) is 0 Å². The van der Waals surface area contributed by atoms with Crippen LogP contribution in [0.25, 0.3) is 0 Å². The second-order valence-electron chi connectivity index (χ2n) is 6.71. The fourth-order valence-corrected chi connectivity index (χ4v) is 3.38. The van der Waals surface area contributed by atoms with E-state index in [0.717, 1.165) is 23.9 Å². The first kappa shape index (κ1) is 15.5. The van der Waals surface area contributed by atoms with Crippen molar-refractivity contribution in [2.45, 2.75) is 65.1 Å². The fourth-order valence-electron chi connectivity index (χ4n) is 3.38. The average Bonchev–Trinajstić information content (AvgIpc) is 2.45. The first-order valence-electron chi connectivity index (χ1n) is 8.09. The van der Waals surface area contributed by atoms with E-state index in [2.05, 4.69) is 31.3 Å².